The van der Waals surface area contributed by atoms with Gasteiger partial charge in [0.15, 0.2) is 22.9 Å². The molecule has 0 aromatic heterocycles. The summed E-state index contributed by atoms with van der Waals surface area (Å²) < 4.78 is 25.6. The first-order valence-electron chi connectivity index (χ1n) is 10.9. The minimum atomic E-state index is -2.13. The van der Waals surface area contributed by atoms with Gasteiger partial charge in [-0.2, -0.15) is 0 Å². The van der Waals surface area contributed by atoms with Crippen LogP contribution >= 0.6 is 0 Å². The van der Waals surface area contributed by atoms with Crippen LogP contribution in [0.3, 0.4) is 0 Å². The van der Waals surface area contributed by atoms with Crippen molar-refractivity contribution in [2.24, 2.45) is 0 Å². The Morgan fingerprint density at radius 3 is 1.55 bits per heavy atom. The lowest BCUT2D eigenvalue weighted by atomic mass is 10.2. The molecule has 0 bridgehead atoms. The van der Waals surface area contributed by atoms with E-state index >= 15 is 0 Å². The highest BCUT2D eigenvalue weighted by Crippen LogP contribution is 2.41. The zero-order chi connectivity index (χ0) is 23.1. The Labute approximate surface area is 182 Å². The van der Waals surface area contributed by atoms with Crippen LogP contribution in [0.25, 0.3) is 0 Å². The molecule has 7 heteroatoms. The van der Waals surface area contributed by atoms with Crippen molar-refractivity contribution < 1.29 is 23.4 Å². The smallest absolute Gasteiger partial charge is 0.193 e. The molecule has 0 radical (unpaired) electrons. The van der Waals surface area contributed by atoms with Gasteiger partial charge >= 0.3 is 0 Å². The van der Waals surface area contributed by atoms with E-state index in [9.17, 15) is 5.11 Å². The molecule has 0 rings (SSSR count). The predicted octanol–water partition coefficient (Wildman–Crippen LogP) is 5.71. The summed E-state index contributed by atoms with van der Waals surface area (Å²) in [6, 6.07) is 0. The first kappa shape index (κ1) is 29.0. The van der Waals surface area contributed by atoms with Crippen LogP contribution in [0.2, 0.25) is 36.3 Å². The number of rotatable bonds is 12. The summed E-state index contributed by atoms with van der Waals surface area (Å²) >= 11 is 0. The molecule has 0 aromatic carbocycles. The summed E-state index contributed by atoms with van der Waals surface area (Å²) in [5, 5.41) is 9.52. The first-order chi connectivity index (χ1) is 13.0. The SMILES string of the molecule is CCOC(OCC)[C@@H](O[Si](C)(C)C(C)(C)C)[C@@H](/C=C/CO)O[Si](C)(C)C(C)(C)C. The summed E-state index contributed by atoms with van der Waals surface area (Å²) in [5.41, 5.74) is 0. The second-order valence-electron chi connectivity index (χ2n) is 10.6. The molecule has 0 fully saturated rings. The van der Waals surface area contributed by atoms with Crippen LogP contribution in [-0.2, 0) is 18.3 Å². The van der Waals surface area contributed by atoms with Crippen molar-refractivity contribution in [2.45, 2.75) is 110 Å². The molecule has 0 unspecified atom stereocenters. The van der Waals surface area contributed by atoms with Crippen LogP contribution in [0.15, 0.2) is 12.2 Å². The van der Waals surface area contributed by atoms with Gasteiger partial charge in [0.1, 0.15) is 6.10 Å². The molecule has 2 atom stereocenters. The van der Waals surface area contributed by atoms with Gasteiger partial charge in [0.2, 0.25) is 0 Å². The van der Waals surface area contributed by atoms with Gasteiger partial charge < -0.3 is 23.4 Å². The van der Waals surface area contributed by atoms with Crippen molar-refractivity contribution in [3.05, 3.63) is 12.2 Å². The molecule has 0 aliphatic rings. The molecular weight excluding hydrogens is 400 g/mol. The van der Waals surface area contributed by atoms with Gasteiger partial charge in [-0.1, -0.05) is 53.7 Å². The quantitative estimate of drug-likeness (QED) is 0.235. The molecule has 0 aromatic rings. The Kier molecular flexibility index (Phi) is 11.5. The summed E-state index contributed by atoms with van der Waals surface area (Å²) in [4.78, 5) is 0. The van der Waals surface area contributed by atoms with Gasteiger partial charge in [-0.25, -0.2) is 0 Å². The van der Waals surface area contributed by atoms with Crippen molar-refractivity contribution in [1.82, 2.24) is 0 Å². The van der Waals surface area contributed by atoms with Crippen LogP contribution in [0, 0.1) is 0 Å². The van der Waals surface area contributed by atoms with E-state index in [-0.39, 0.29) is 22.8 Å². The van der Waals surface area contributed by atoms with E-state index in [1.165, 1.54) is 0 Å². The van der Waals surface area contributed by atoms with Gasteiger partial charge in [0.25, 0.3) is 0 Å². The molecule has 1 N–H and O–H groups in total. The minimum Gasteiger partial charge on any atom is -0.408 e. The fourth-order valence-electron chi connectivity index (χ4n) is 2.29. The third-order valence-electron chi connectivity index (χ3n) is 6.16. The van der Waals surface area contributed by atoms with Crippen molar-refractivity contribution in [1.29, 1.82) is 0 Å². The van der Waals surface area contributed by atoms with E-state index in [0.29, 0.717) is 13.2 Å². The van der Waals surface area contributed by atoms with Crippen LogP contribution in [0.4, 0.5) is 0 Å². The van der Waals surface area contributed by atoms with Gasteiger partial charge in [0, 0.05) is 13.2 Å². The molecule has 0 saturated carbocycles. The Morgan fingerprint density at radius 2 is 1.21 bits per heavy atom. The first-order valence-corrected chi connectivity index (χ1v) is 16.7. The summed E-state index contributed by atoms with van der Waals surface area (Å²) in [6.07, 6.45) is 2.35. The number of aliphatic hydroxyl groups excluding tert-OH is 1. The topological polar surface area (TPSA) is 57.2 Å². The van der Waals surface area contributed by atoms with E-state index in [2.05, 4.69) is 67.7 Å². The maximum absolute atomic E-state index is 9.44. The molecule has 0 saturated heterocycles. The lowest BCUT2D eigenvalue weighted by Crippen LogP contribution is -2.55. The van der Waals surface area contributed by atoms with Crippen LogP contribution < -0.4 is 0 Å². The second-order valence-corrected chi connectivity index (χ2v) is 20.1. The number of ether oxygens (including phenoxy) is 2. The predicted molar refractivity (Wildman–Crippen MR) is 127 cm³/mol. The van der Waals surface area contributed by atoms with Gasteiger partial charge in [-0.15, -0.1) is 0 Å². The molecule has 0 spiro atoms. The lowest BCUT2D eigenvalue weighted by molar-refractivity contribution is -0.199. The van der Waals surface area contributed by atoms with E-state index in [1.54, 1.807) is 6.08 Å². The Balaban J connectivity index is 6.22. The average molecular weight is 449 g/mol. The average Bonchev–Trinajstić information content (AvgIpc) is 2.54. The molecule has 5 nitrogen and oxygen atoms in total. The molecule has 0 heterocycles. The van der Waals surface area contributed by atoms with E-state index in [0.717, 1.165) is 0 Å². The zero-order valence-electron chi connectivity index (χ0n) is 21.1. The highest BCUT2D eigenvalue weighted by molar-refractivity contribution is 6.74. The van der Waals surface area contributed by atoms with Crippen molar-refractivity contribution >= 4 is 16.6 Å². The van der Waals surface area contributed by atoms with Crippen LogP contribution in [0.5, 0.6) is 0 Å². The zero-order valence-corrected chi connectivity index (χ0v) is 23.1. The summed E-state index contributed by atoms with van der Waals surface area (Å²) in [7, 11) is -4.24. The Bertz CT molecular complexity index is 486. The van der Waals surface area contributed by atoms with E-state index < -0.39 is 29.0 Å². The lowest BCUT2D eigenvalue weighted by Gasteiger charge is -2.46. The molecule has 0 amide bonds. The van der Waals surface area contributed by atoms with Crippen molar-refractivity contribution in [3.63, 3.8) is 0 Å². The molecule has 174 valence electrons. The van der Waals surface area contributed by atoms with Crippen molar-refractivity contribution in [2.75, 3.05) is 19.8 Å². The number of hydrogen-bond acceptors (Lipinski definition) is 5. The maximum Gasteiger partial charge on any atom is 0.193 e. The Hall–Kier alpha value is -0.0262. The van der Waals surface area contributed by atoms with Gasteiger partial charge in [-0.3, -0.25) is 0 Å². The largest absolute Gasteiger partial charge is 0.408 e. The second kappa shape index (κ2) is 11.6. The summed E-state index contributed by atoms with van der Waals surface area (Å²) in [6.45, 7) is 27.2. The van der Waals surface area contributed by atoms with Crippen molar-refractivity contribution in [3.8, 4) is 0 Å². The Morgan fingerprint density at radius 1 is 0.793 bits per heavy atom. The highest BCUT2D eigenvalue weighted by Gasteiger charge is 2.46. The molecule has 29 heavy (non-hydrogen) atoms. The summed E-state index contributed by atoms with van der Waals surface area (Å²) in [5.74, 6) is 0. The fourth-order valence-corrected chi connectivity index (χ4v) is 4.81. The number of hydrogen-bond donors (Lipinski definition) is 1. The standard InChI is InChI=1S/C22H48O5Si2/c1-13-24-20(25-14-2)19(27-29(11,12)22(6,7)8)18(16-15-17-23)26-28(9,10)21(3,4)5/h15-16,18-20,23H,13-14,17H2,1-12H3/b16-15+/t18-,19+/m1/s1. The van der Waals surface area contributed by atoms with Crippen LogP contribution in [-0.4, -0.2) is 60.1 Å². The van der Waals surface area contributed by atoms with E-state index in [1.807, 2.05) is 19.9 Å². The molecule has 0 aliphatic carbocycles. The third kappa shape index (κ3) is 8.93. The highest BCUT2D eigenvalue weighted by atomic mass is 28.4. The van der Waals surface area contributed by atoms with Gasteiger partial charge in [0.05, 0.1) is 12.7 Å². The number of aliphatic hydroxyl groups is 1. The van der Waals surface area contributed by atoms with Gasteiger partial charge in [-0.05, 0) is 50.1 Å². The van der Waals surface area contributed by atoms with Crippen LogP contribution in [0.1, 0.15) is 55.4 Å². The monoisotopic (exact) mass is 448 g/mol. The minimum absolute atomic E-state index is 0.0381. The third-order valence-corrected chi connectivity index (χ3v) is 15.1. The normalized spacial score (nSPS) is 16.6. The molecular formula is C22H48O5Si2. The fraction of sp³-hybridized carbons (Fsp3) is 0.909. The maximum atomic E-state index is 9.44. The molecule has 0 aliphatic heterocycles. The van der Waals surface area contributed by atoms with E-state index in [4.69, 9.17) is 18.3 Å².